The predicted molar refractivity (Wildman–Crippen MR) is 67.9 cm³/mol. The van der Waals surface area contributed by atoms with E-state index in [9.17, 15) is 9.90 Å². The monoisotopic (exact) mass is 232 g/mol. The molecule has 1 unspecified atom stereocenters. The SMILES string of the molecule is CC=CC(C=Cc1cccc(O)c1C=O)CO. The third-order valence-electron chi connectivity index (χ3n) is 2.41. The lowest BCUT2D eigenvalue weighted by atomic mass is 10.0. The van der Waals surface area contributed by atoms with Crippen LogP contribution in [0, 0.1) is 5.92 Å². The van der Waals surface area contributed by atoms with Gasteiger partial charge in [-0.25, -0.2) is 0 Å². The molecular formula is C14H16O3. The Kier molecular flexibility index (Phi) is 5.17. The molecule has 0 aliphatic rings. The molecule has 0 spiro atoms. The van der Waals surface area contributed by atoms with E-state index in [1.54, 1.807) is 24.3 Å². The third kappa shape index (κ3) is 3.57. The molecule has 1 atom stereocenters. The van der Waals surface area contributed by atoms with Crippen molar-refractivity contribution >= 4 is 12.4 Å². The maximum atomic E-state index is 10.8. The van der Waals surface area contributed by atoms with Crippen LogP contribution in [0.1, 0.15) is 22.8 Å². The molecule has 0 heterocycles. The van der Waals surface area contributed by atoms with Crippen molar-refractivity contribution in [1.29, 1.82) is 0 Å². The van der Waals surface area contributed by atoms with Gasteiger partial charge in [0.1, 0.15) is 5.75 Å². The Morgan fingerprint density at radius 1 is 1.35 bits per heavy atom. The fourth-order valence-electron chi connectivity index (χ4n) is 1.50. The van der Waals surface area contributed by atoms with Gasteiger partial charge in [0.05, 0.1) is 12.2 Å². The predicted octanol–water partition coefficient (Wildman–Crippen LogP) is 2.40. The Morgan fingerprint density at radius 3 is 2.71 bits per heavy atom. The standard InChI is InChI=1S/C14H16O3/c1-2-4-11(9-15)7-8-12-5-3-6-14(17)13(12)10-16/h2-8,10-11,15,17H,9H2,1H3. The van der Waals surface area contributed by atoms with Crippen LogP contribution in [-0.4, -0.2) is 23.1 Å². The van der Waals surface area contributed by atoms with E-state index in [-0.39, 0.29) is 23.8 Å². The number of hydrogen-bond donors (Lipinski definition) is 2. The van der Waals surface area contributed by atoms with Gasteiger partial charge in [-0.15, -0.1) is 0 Å². The van der Waals surface area contributed by atoms with Crippen LogP contribution in [0.4, 0.5) is 0 Å². The van der Waals surface area contributed by atoms with Crippen molar-refractivity contribution < 1.29 is 15.0 Å². The summed E-state index contributed by atoms with van der Waals surface area (Å²) < 4.78 is 0. The lowest BCUT2D eigenvalue weighted by Gasteiger charge is -2.04. The van der Waals surface area contributed by atoms with Crippen molar-refractivity contribution in [2.24, 2.45) is 5.92 Å². The van der Waals surface area contributed by atoms with Gasteiger partial charge in [-0.1, -0.05) is 36.4 Å². The van der Waals surface area contributed by atoms with Crippen LogP contribution < -0.4 is 0 Å². The van der Waals surface area contributed by atoms with E-state index < -0.39 is 0 Å². The highest BCUT2D eigenvalue weighted by Gasteiger charge is 2.04. The highest BCUT2D eigenvalue weighted by atomic mass is 16.3. The van der Waals surface area contributed by atoms with Crippen LogP contribution in [-0.2, 0) is 0 Å². The first-order valence-electron chi connectivity index (χ1n) is 5.42. The van der Waals surface area contributed by atoms with Crippen LogP contribution in [0.5, 0.6) is 5.75 Å². The second-order valence-electron chi connectivity index (χ2n) is 3.63. The summed E-state index contributed by atoms with van der Waals surface area (Å²) in [6.07, 6.45) is 7.86. The molecule has 90 valence electrons. The molecule has 17 heavy (non-hydrogen) atoms. The van der Waals surface area contributed by atoms with Gasteiger partial charge >= 0.3 is 0 Å². The van der Waals surface area contributed by atoms with E-state index in [4.69, 9.17) is 5.11 Å². The van der Waals surface area contributed by atoms with Crippen molar-refractivity contribution in [3.05, 3.63) is 47.6 Å². The van der Waals surface area contributed by atoms with Gasteiger partial charge in [-0.05, 0) is 18.6 Å². The number of rotatable bonds is 5. The van der Waals surface area contributed by atoms with Crippen LogP contribution >= 0.6 is 0 Å². The third-order valence-corrected chi connectivity index (χ3v) is 2.41. The van der Waals surface area contributed by atoms with E-state index in [0.29, 0.717) is 11.8 Å². The largest absolute Gasteiger partial charge is 0.507 e. The first-order valence-corrected chi connectivity index (χ1v) is 5.42. The zero-order valence-electron chi connectivity index (χ0n) is 9.71. The summed E-state index contributed by atoms with van der Waals surface area (Å²) in [6, 6.07) is 4.88. The number of aldehydes is 1. The smallest absolute Gasteiger partial charge is 0.154 e. The minimum atomic E-state index is -0.0816. The molecule has 0 saturated heterocycles. The number of aromatic hydroxyl groups is 1. The van der Waals surface area contributed by atoms with E-state index in [1.165, 1.54) is 6.07 Å². The molecule has 0 amide bonds. The van der Waals surface area contributed by atoms with Crippen molar-refractivity contribution in [3.63, 3.8) is 0 Å². The number of benzene rings is 1. The van der Waals surface area contributed by atoms with Gasteiger partial charge in [0.2, 0.25) is 0 Å². The molecule has 3 nitrogen and oxygen atoms in total. The summed E-state index contributed by atoms with van der Waals surface area (Å²) in [5.74, 6) is -0.115. The normalized spacial score (nSPS) is 13.3. The van der Waals surface area contributed by atoms with Crippen LogP contribution in [0.2, 0.25) is 0 Å². The Labute approximate surface area is 101 Å². The number of aliphatic hydroxyl groups excluding tert-OH is 1. The molecule has 0 radical (unpaired) electrons. The molecule has 0 aromatic heterocycles. The van der Waals surface area contributed by atoms with Crippen molar-refractivity contribution in [2.45, 2.75) is 6.92 Å². The minimum absolute atomic E-state index is 0.01000. The molecule has 1 aromatic rings. The second-order valence-corrected chi connectivity index (χ2v) is 3.63. The molecular weight excluding hydrogens is 216 g/mol. The zero-order chi connectivity index (χ0) is 12.7. The average molecular weight is 232 g/mol. The lowest BCUT2D eigenvalue weighted by Crippen LogP contribution is -1.97. The van der Waals surface area contributed by atoms with E-state index >= 15 is 0 Å². The van der Waals surface area contributed by atoms with E-state index in [0.717, 1.165) is 0 Å². The van der Waals surface area contributed by atoms with Crippen LogP contribution in [0.25, 0.3) is 6.08 Å². The Balaban J connectivity index is 2.98. The number of aliphatic hydroxyl groups is 1. The van der Waals surface area contributed by atoms with Crippen molar-refractivity contribution in [2.75, 3.05) is 6.61 Å². The highest BCUT2D eigenvalue weighted by Crippen LogP contribution is 2.20. The van der Waals surface area contributed by atoms with Gasteiger partial charge in [0.15, 0.2) is 6.29 Å². The molecule has 0 aliphatic carbocycles. The van der Waals surface area contributed by atoms with Crippen LogP contribution in [0.15, 0.2) is 36.4 Å². The number of phenols is 1. The molecule has 1 rings (SSSR count). The number of allylic oxidation sites excluding steroid dienone is 1. The van der Waals surface area contributed by atoms with Gasteiger partial charge in [0, 0.05) is 5.92 Å². The Bertz CT molecular complexity index is 433. The maximum Gasteiger partial charge on any atom is 0.154 e. The average Bonchev–Trinajstić information content (AvgIpc) is 2.34. The number of phenolic OH excluding ortho intramolecular Hbond substituents is 1. The summed E-state index contributed by atoms with van der Waals surface area (Å²) in [4.78, 5) is 10.8. The lowest BCUT2D eigenvalue weighted by molar-refractivity contribution is 0.112. The quantitative estimate of drug-likeness (QED) is 0.605. The maximum absolute atomic E-state index is 10.8. The fraction of sp³-hybridized carbons (Fsp3) is 0.214. The first kappa shape index (κ1) is 13.2. The van der Waals surface area contributed by atoms with Crippen molar-refractivity contribution in [1.82, 2.24) is 0 Å². The molecule has 0 fully saturated rings. The molecule has 1 aromatic carbocycles. The minimum Gasteiger partial charge on any atom is -0.507 e. The fourth-order valence-corrected chi connectivity index (χ4v) is 1.50. The zero-order valence-corrected chi connectivity index (χ0v) is 9.71. The molecule has 0 saturated carbocycles. The van der Waals surface area contributed by atoms with E-state index in [2.05, 4.69) is 0 Å². The summed E-state index contributed by atoms with van der Waals surface area (Å²) in [5, 5.41) is 18.6. The molecule has 0 aliphatic heterocycles. The molecule has 0 bridgehead atoms. The van der Waals surface area contributed by atoms with Gasteiger partial charge in [-0.2, -0.15) is 0 Å². The topological polar surface area (TPSA) is 57.5 Å². The number of hydrogen-bond acceptors (Lipinski definition) is 3. The van der Waals surface area contributed by atoms with E-state index in [1.807, 2.05) is 19.1 Å². The van der Waals surface area contributed by atoms with Crippen LogP contribution in [0.3, 0.4) is 0 Å². The highest BCUT2D eigenvalue weighted by molar-refractivity contribution is 5.85. The summed E-state index contributed by atoms with van der Waals surface area (Å²) in [5.41, 5.74) is 0.906. The van der Waals surface area contributed by atoms with Gasteiger partial charge in [0.25, 0.3) is 0 Å². The first-order chi connectivity index (χ1) is 8.22. The molecule has 3 heteroatoms. The van der Waals surface area contributed by atoms with Gasteiger partial charge < -0.3 is 10.2 Å². The Hall–Kier alpha value is -1.87. The molecule has 2 N–H and O–H groups in total. The summed E-state index contributed by atoms with van der Waals surface area (Å²) >= 11 is 0. The number of carbonyl (C=O) groups is 1. The number of carbonyl (C=O) groups excluding carboxylic acids is 1. The summed E-state index contributed by atoms with van der Waals surface area (Å²) in [7, 11) is 0. The van der Waals surface area contributed by atoms with Crippen molar-refractivity contribution in [3.8, 4) is 5.75 Å². The summed E-state index contributed by atoms with van der Waals surface area (Å²) in [6.45, 7) is 1.89. The second kappa shape index (κ2) is 6.66. The van der Waals surface area contributed by atoms with Gasteiger partial charge in [-0.3, -0.25) is 4.79 Å². The Morgan fingerprint density at radius 2 is 2.12 bits per heavy atom.